The minimum atomic E-state index is -0.465. The van der Waals surface area contributed by atoms with Gasteiger partial charge in [-0.1, -0.05) is 41.9 Å². The van der Waals surface area contributed by atoms with Crippen LogP contribution in [0.4, 0.5) is 5.69 Å². The number of benzene rings is 2. The van der Waals surface area contributed by atoms with Gasteiger partial charge in [-0.25, -0.2) is 4.98 Å². The number of pyridine rings is 2. The lowest BCUT2D eigenvalue weighted by Gasteiger charge is -2.14. The van der Waals surface area contributed by atoms with E-state index in [9.17, 15) is 14.4 Å². The second kappa shape index (κ2) is 8.77. The highest BCUT2D eigenvalue weighted by Crippen LogP contribution is 2.18. The second-order valence-electron chi connectivity index (χ2n) is 7.53. The quantitative estimate of drug-likeness (QED) is 0.457. The Kier molecular flexibility index (Phi) is 5.88. The average molecular weight is 446 g/mol. The Bertz CT molecular complexity index is 1430. The van der Waals surface area contributed by atoms with Crippen LogP contribution in [-0.4, -0.2) is 21.2 Å². The molecule has 0 aliphatic carbocycles. The van der Waals surface area contributed by atoms with E-state index in [0.717, 1.165) is 5.56 Å². The number of anilines is 1. The maximum absolute atomic E-state index is 13.1. The Balaban J connectivity index is 1.79. The lowest BCUT2D eigenvalue weighted by Crippen LogP contribution is -2.25. The minimum Gasteiger partial charge on any atom is -0.324 e. The normalized spacial score (nSPS) is 10.8. The van der Waals surface area contributed by atoms with Crippen LogP contribution in [0.2, 0.25) is 5.02 Å². The van der Waals surface area contributed by atoms with Gasteiger partial charge < -0.3 is 9.88 Å². The number of carbonyl (C=O) groups excluding carboxylic acids is 2. The molecule has 2 aromatic heterocycles. The first-order chi connectivity index (χ1) is 15.3. The van der Waals surface area contributed by atoms with Crippen molar-refractivity contribution in [2.24, 2.45) is 0 Å². The van der Waals surface area contributed by atoms with Gasteiger partial charge in [-0.3, -0.25) is 14.4 Å². The predicted molar refractivity (Wildman–Crippen MR) is 125 cm³/mol. The van der Waals surface area contributed by atoms with Crippen LogP contribution in [0.3, 0.4) is 0 Å². The third kappa shape index (κ3) is 4.31. The summed E-state index contributed by atoms with van der Waals surface area (Å²) in [5.41, 5.74) is 2.47. The Labute approximate surface area is 189 Å². The molecule has 32 heavy (non-hydrogen) atoms. The highest BCUT2D eigenvalue weighted by atomic mass is 35.5. The van der Waals surface area contributed by atoms with Crippen molar-refractivity contribution in [2.75, 3.05) is 5.32 Å². The monoisotopic (exact) mass is 445 g/mol. The van der Waals surface area contributed by atoms with Crippen molar-refractivity contribution in [1.29, 1.82) is 0 Å². The van der Waals surface area contributed by atoms with E-state index >= 15 is 0 Å². The van der Waals surface area contributed by atoms with Gasteiger partial charge in [0.2, 0.25) is 11.3 Å². The number of rotatable bonds is 5. The van der Waals surface area contributed by atoms with Crippen molar-refractivity contribution < 1.29 is 9.59 Å². The highest BCUT2D eigenvalue weighted by molar-refractivity contribution is 6.31. The number of aryl methyl sites for hydroxylation is 2. The van der Waals surface area contributed by atoms with Gasteiger partial charge in [0.05, 0.1) is 10.9 Å². The third-order valence-electron chi connectivity index (χ3n) is 5.13. The first kappa shape index (κ1) is 21.5. The smallest absolute Gasteiger partial charge is 0.244 e. The molecule has 0 fully saturated rings. The molecule has 1 N–H and O–H groups in total. The summed E-state index contributed by atoms with van der Waals surface area (Å²) in [6.45, 7) is 3.58. The molecule has 0 saturated carbocycles. The summed E-state index contributed by atoms with van der Waals surface area (Å²) in [7, 11) is 0. The molecule has 1 amide bonds. The standard InChI is InChI=1S/C25H20ClN3O3/c1-15-6-3-4-9-21(15)28-22(30)14-29-13-20(23(31)17-7-5-8-18(26)12-17)24(32)19-11-10-16(2)27-25(19)29/h3-13H,14H2,1-2H3,(H,28,30). The molecule has 6 nitrogen and oxygen atoms in total. The predicted octanol–water partition coefficient (Wildman–Crippen LogP) is 4.54. The molecule has 7 heteroatoms. The highest BCUT2D eigenvalue weighted by Gasteiger charge is 2.19. The fourth-order valence-electron chi connectivity index (χ4n) is 3.48. The van der Waals surface area contributed by atoms with Crippen LogP contribution in [-0.2, 0) is 11.3 Å². The van der Waals surface area contributed by atoms with E-state index in [1.807, 2.05) is 31.2 Å². The van der Waals surface area contributed by atoms with E-state index in [2.05, 4.69) is 10.3 Å². The summed E-state index contributed by atoms with van der Waals surface area (Å²) >= 11 is 6.02. The first-order valence-corrected chi connectivity index (χ1v) is 10.4. The van der Waals surface area contributed by atoms with Crippen LogP contribution in [0, 0.1) is 13.8 Å². The molecule has 4 aromatic rings. The number of aromatic nitrogens is 2. The van der Waals surface area contributed by atoms with Crippen molar-refractivity contribution in [3.63, 3.8) is 0 Å². The van der Waals surface area contributed by atoms with Gasteiger partial charge in [0.25, 0.3) is 0 Å². The van der Waals surface area contributed by atoms with Gasteiger partial charge in [-0.2, -0.15) is 0 Å². The molecule has 0 aliphatic rings. The van der Waals surface area contributed by atoms with Crippen LogP contribution in [0.1, 0.15) is 27.2 Å². The van der Waals surface area contributed by atoms with Crippen LogP contribution in [0.15, 0.2) is 71.7 Å². The molecule has 2 heterocycles. The molecule has 0 saturated heterocycles. The summed E-state index contributed by atoms with van der Waals surface area (Å²) in [4.78, 5) is 43.5. The van der Waals surface area contributed by atoms with Crippen molar-refractivity contribution in [3.05, 3.63) is 104 Å². The SMILES string of the molecule is Cc1ccc2c(=O)c(C(=O)c3cccc(Cl)c3)cn(CC(=O)Nc3ccccc3C)c2n1. The molecule has 0 atom stereocenters. The van der Waals surface area contributed by atoms with Gasteiger partial charge in [0.1, 0.15) is 12.2 Å². The summed E-state index contributed by atoms with van der Waals surface area (Å²) < 4.78 is 1.54. The third-order valence-corrected chi connectivity index (χ3v) is 5.36. The van der Waals surface area contributed by atoms with E-state index in [1.54, 1.807) is 37.3 Å². The van der Waals surface area contributed by atoms with Gasteiger partial charge in [0.15, 0.2) is 5.78 Å². The number of nitrogens with zero attached hydrogens (tertiary/aromatic N) is 2. The molecule has 4 rings (SSSR count). The fourth-order valence-corrected chi connectivity index (χ4v) is 3.68. The summed E-state index contributed by atoms with van der Waals surface area (Å²) in [6.07, 6.45) is 1.40. The maximum Gasteiger partial charge on any atom is 0.244 e. The van der Waals surface area contributed by atoms with Crippen molar-refractivity contribution >= 4 is 40.0 Å². The number of para-hydroxylation sites is 1. The topological polar surface area (TPSA) is 81.1 Å². The molecule has 0 aliphatic heterocycles. The summed E-state index contributed by atoms with van der Waals surface area (Å²) in [5.74, 6) is -0.762. The number of nitrogens with one attached hydrogen (secondary N) is 1. The number of amides is 1. The van der Waals surface area contributed by atoms with Gasteiger partial charge in [-0.15, -0.1) is 0 Å². The van der Waals surface area contributed by atoms with E-state index in [0.29, 0.717) is 27.6 Å². The zero-order valence-electron chi connectivity index (χ0n) is 17.6. The van der Waals surface area contributed by atoms with E-state index < -0.39 is 11.2 Å². The fraction of sp³-hybridized carbons (Fsp3) is 0.120. The Morgan fingerprint density at radius 1 is 1.03 bits per heavy atom. The average Bonchev–Trinajstić information content (AvgIpc) is 2.76. The molecule has 0 bridgehead atoms. The molecular formula is C25H20ClN3O3. The van der Waals surface area contributed by atoms with E-state index in [1.165, 1.54) is 16.8 Å². The zero-order chi connectivity index (χ0) is 22.8. The lowest BCUT2D eigenvalue weighted by atomic mass is 10.0. The molecule has 0 radical (unpaired) electrons. The molecule has 0 spiro atoms. The lowest BCUT2D eigenvalue weighted by molar-refractivity contribution is -0.116. The van der Waals surface area contributed by atoms with Gasteiger partial charge in [0, 0.05) is 28.2 Å². The largest absolute Gasteiger partial charge is 0.324 e. The van der Waals surface area contributed by atoms with Gasteiger partial charge in [-0.05, 0) is 49.7 Å². The number of ketones is 1. The minimum absolute atomic E-state index is 0.0471. The Hall–Kier alpha value is -3.77. The van der Waals surface area contributed by atoms with E-state index in [-0.39, 0.29) is 23.4 Å². The Morgan fingerprint density at radius 2 is 1.81 bits per heavy atom. The number of halogens is 1. The number of carbonyl (C=O) groups is 2. The van der Waals surface area contributed by atoms with Crippen LogP contribution in [0.25, 0.3) is 11.0 Å². The first-order valence-electron chi connectivity index (χ1n) is 10.00. The number of hydrogen-bond donors (Lipinski definition) is 1. The number of fused-ring (bicyclic) bond motifs is 1. The van der Waals surface area contributed by atoms with E-state index in [4.69, 9.17) is 11.6 Å². The molecular weight excluding hydrogens is 426 g/mol. The zero-order valence-corrected chi connectivity index (χ0v) is 18.3. The molecule has 160 valence electrons. The van der Waals surface area contributed by atoms with Crippen LogP contribution >= 0.6 is 11.6 Å². The Morgan fingerprint density at radius 3 is 2.56 bits per heavy atom. The second-order valence-corrected chi connectivity index (χ2v) is 7.96. The van der Waals surface area contributed by atoms with Crippen molar-refractivity contribution in [3.8, 4) is 0 Å². The van der Waals surface area contributed by atoms with Crippen LogP contribution in [0.5, 0.6) is 0 Å². The molecule has 0 unspecified atom stereocenters. The van der Waals surface area contributed by atoms with Crippen LogP contribution < -0.4 is 10.7 Å². The number of hydrogen-bond acceptors (Lipinski definition) is 4. The van der Waals surface area contributed by atoms with Gasteiger partial charge >= 0.3 is 0 Å². The summed E-state index contributed by atoms with van der Waals surface area (Å²) in [5, 5.41) is 3.54. The van der Waals surface area contributed by atoms with Crippen molar-refractivity contribution in [2.45, 2.75) is 20.4 Å². The van der Waals surface area contributed by atoms with Crippen molar-refractivity contribution in [1.82, 2.24) is 9.55 Å². The molecule has 2 aromatic carbocycles. The summed E-state index contributed by atoms with van der Waals surface area (Å²) in [6, 6.07) is 17.2. The maximum atomic E-state index is 13.1.